The van der Waals surface area contributed by atoms with Crippen LogP contribution in [0.15, 0.2) is 66.7 Å². The van der Waals surface area contributed by atoms with Gasteiger partial charge in [-0.2, -0.15) is 0 Å². The number of aliphatic hydroxyl groups excluding tert-OH is 5. The van der Waals surface area contributed by atoms with Crippen LogP contribution in [0, 0.1) is 26.6 Å². The van der Waals surface area contributed by atoms with E-state index >= 15 is 0 Å². The summed E-state index contributed by atoms with van der Waals surface area (Å²) in [6.45, 7) is 6.50. The molecule has 0 amide bonds. The zero-order valence-electron chi connectivity index (χ0n) is 27.9. The fraction of sp³-hybridized carbons (Fsp3) is 0.368. The average molecular weight is 678 g/mol. The van der Waals surface area contributed by atoms with E-state index in [1.165, 1.54) is 6.07 Å². The number of hydrogen-bond acceptors (Lipinski definition) is 10. The smallest absolute Gasteiger partial charge is 0.161 e. The van der Waals surface area contributed by atoms with Crippen molar-refractivity contribution >= 4 is 0 Å². The summed E-state index contributed by atoms with van der Waals surface area (Å²) in [4.78, 5) is 0. The summed E-state index contributed by atoms with van der Waals surface area (Å²) in [5, 5.41) is 52.2. The first kappa shape index (κ1) is 36.1. The monoisotopic (exact) mass is 677 g/mol. The van der Waals surface area contributed by atoms with Crippen molar-refractivity contribution < 1.29 is 48.9 Å². The van der Waals surface area contributed by atoms with Crippen LogP contribution in [-0.2, 0) is 19.8 Å². The van der Waals surface area contributed by atoms with Crippen molar-refractivity contribution in [3.8, 4) is 34.1 Å². The third-order valence-corrected chi connectivity index (χ3v) is 8.65. The van der Waals surface area contributed by atoms with Crippen LogP contribution in [0.3, 0.4) is 0 Å². The van der Waals surface area contributed by atoms with E-state index in [0.717, 1.165) is 50.4 Å². The Balaban J connectivity index is 1.33. The second-order valence-corrected chi connectivity index (χ2v) is 12.3. The normalized spacial score (nSPS) is 15.0. The Labute approximate surface area is 285 Å². The summed E-state index contributed by atoms with van der Waals surface area (Å²) < 4.78 is 37.9. The SMILES string of the molecule is Cc1cc(COc2cc(OCc3cccc(-c4ccc5c(c4)OCCO5)c3C)c(C)cc2CNC[C@H](O)[C@@H](O)[C@H](O)[C@H](O)CO)ccc1F. The van der Waals surface area contributed by atoms with Gasteiger partial charge in [-0.15, -0.1) is 0 Å². The van der Waals surface area contributed by atoms with Crippen LogP contribution in [0.4, 0.5) is 4.39 Å². The van der Waals surface area contributed by atoms with Crippen LogP contribution in [0.2, 0.25) is 0 Å². The van der Waals surface area contributed by atoms with Gasteiger partial charge < -0.3 is 49.8 Å². The first-order valence-corrected chi connectivity index (χ1v) is 16.2. The van der Waals surface area contributed by atoms with Gasteiger partial charge in [-0.05, 0) is 90.0 Å². The Morgan fingerprint density at radius 1 is 0.755 bits per heavy atom. The fourth-order valence-electron chi connectivity index (χ4n) is 5.67. The molecule has 1 aliphatic rings. The Kier molecular flexibility index (Phi) is 12.1. The van der Waals surface area contributed by atoms with E-state index in [1.807, 2.05) is 43.3 Å². The molecule has 5 rings (SSSR count). The number of halogens is 1. The summed E-state index contributed by atoms with van der Waals surface area (Å²) in [6.07, 6.45) is -6.41. The molecule has 10 nitrogen and oxygen atoms in total. The number of aliphatic hydroxyl groups is 5. The van der Waals surface area contributed by atoms with Gasteiger partial charge in [0.15, 0.2) is 11.5 Å². The van der Waals surface area contributed by atoms with Crippen molar-refractivity contribution in [2.75, 3.05) is 26.4 Å². The van der Waals surface area contributed by atoms with E-state index in [-0.39, 0.29) is 25.5 Å². The van der Waals surface area contributed by atoms with Gasteiger partial charge in [0.2, 0.25) is 0 Å². The molecular formula is C38H44FNO9. The van der Waals surface area contributed by atoms with Crippen LogP contribution in [0.25, 0.3) is 11.1 Å². The number of rotatable bonds is 15. The molecule has 1 aliphatic heterocycles. The maximum Gasteiger partial charge on any atom is 0.161 e. The van der Waals surface area contributed by atoms with Gasteiger partial charge >= 0.3 is 0 Å². The molecule has 4 aromatic carbocycles. The molecule has 0 aromatic heterocycles. The molecule has 0 unspecified atom stereocenters. The molecule has 0 aliphatic carbocycles. The Bertz CT molecular complexity index is 1730. The largest absolute Gasteiger partial charge is 0.488 e. The lowest BCUT2D eigenvalue weighted by Gasteiger charge is -2.26. The molecule has 0 spiro atoms. The zero-order chi connectivity index (χ0) is 35.1. The van der Waals surface area contributed by atoms with E-state index in [9.17, 15) is 24.8 Å². The lowest BCUT2D eigenvalue weighted by Crippen LogP contribution is -2.48. The molecule has 1 heterocycles. The van der Waals surface area contributed by atoms with Gasteiger partial charge in [-0.3, -0.25) is 0 Å². The van der Waals surface area contributed by atoms with Crippen LogP contribution in [0.1, 0.15) is 33.4 Å². The number of aryl methyl sites for hydroxylation is 2. The number of benzene rings is 4. The topological polar surface area (TPSA) is 150 Å². The Hall–Kier alpha value is -4.23. The van der Waals surface area contributed by atoms with Gasteiger partial charge in [-0.25, -0.2) is 4.39 Å². The summed E-state index contributed by atoms with van der Waals surface area (Å²) in [5.41, 5.74) is 7.00. The quantitative estimate of drug-likeness (QED) is 0.110. The lowest BCUT2D eigenvalue weighted by atomic mass is 9.96. The van der Waals surface area contributed by atoms with E-state index in [1.54, 1.807) is 25.1 Å². The maximum atomic E-state index is 13.9. The number of nitrogens with one attached hydrogen (secondary N) is 1. The Morgan fingerprint density at radius 3 is 2.24 bits per heavy atom. The molecule has 4 aromatic rings. The van der Waals surface area contributed by atoms with Crippen molar-refractivity contribution in [1.82, 2.24) is 5.32 Å². The third-order valence-electron chi connectivity index (χ3n) is 8.65. The zero-order valence-corrected chi connectivity index (χ0v) is 27.9. The fourth-order valence-corrected chi connectivity index (χ4v) is 5.67. The Morgan fingerprint density at radius 2 is 1.49 bits per heavy atom. The molecule has 6 N–H and O–H groups in total. The summed E-state index contributed by atoms with van der Waals surface area (Å²) in [5.74, 6) is 2.27. The lowest BCUT2D eigenvalue weighted by molar-refractivity contribution is -0.114. The number of hydrogen-bond donors (Lipinski definition) is 6. The minimum atomic E-state index is -1.72. The van der Waals surface area contributed by atoms with E-state index in [0.29, 0.717) is 36.9 Å². The third kappa shape index (κ3) is 8.87. The van der Waals surface area contributed by atoms with Crippen molar-refractivity contribution in [1.29, 1.82) is 0 Å². The molecule has 0 radical (unpaired) electrons. The van der Waals surface area contributed by atoms with Crippen LogP contribution < -0.4 is 24.3 Å². The molecule has 0 fully saturated rings. The highest BCUT2D eigenvalue weighted by Gasteiger charge is 2.29. The second-order valence-electron chi connectivity index (χ2n) is 12.3. The standard InChI is InChI=1S/C38H44FNO9/c1-22-13-25(7-9-30(22)39)20-48-35-16-34(23(2)14-28(35)17-40-18-31(42)37(44)38(45)32(43)19-41)49-21-27-5-4-6-29(24(27)3)26-8-10-33-36(15-26)47-12-11-46-33/h4-10,13-16,31-32,37-38,40-45H,11-12,17-21H2,1-3H3/t31-,32+,37+,38+/m0/s1. The van der Waals surface area contributed by atoms with Gasteiger partial charge in [-0.1, -0.05) is 30.3 Å². The minimum Gasteiger partial charge on any atom is -0.488 e. The number of ether oxygens (including phenoxy) is 4. The van der Waals surface area contributed by atoms with Crippen molar-refractivity contribution in [2.24, 2.45) is 0 Å². The second kappa shape index (κ2) is 16.4. The van der Waals surface area contributed by atoms with E-state index in [4.69, 9.17) is 24.1 Å². The molecular weight excluding hydrogens is 633 g/mol. The highest BCUT2D eigenvalue weighted by atomic mass is 19.1. The summed E-state index contributed by atoms with van der Waals surface area (Å²) >= 11 is 0. The van der Waals surface area contributed by atoms with Crippen molar-refractivity contribution in [3.63, 3.8) is 0 Å². The highest BCUT2D eigenvalue weighted by Crippen LogP contribution is 2.37. The van der Waals surface area contributed by atoms with Gasteiger partial charge in [0.25, 0.3) is 0 Å². The van der Waals surface area contributed by atoms with Crippen LogP contribution in [-0.4, -0.2) is 76.3 Å². The molecule has 0 saturated carbocycles. The first-order valence-electron chi connectivity index (χ1n) is 16.2. The van der Waals surface area contributed by atoms with Gasteiger partial charge in [0, 0.05) is 24.7 Å². The molecule has 49 heavy (non-hydrogen) atoms. The van der Waals surface area contributed by atoms with Gasteiger partial charge in [0.05, 0.1) is 12.7 Å². The minimum absolute atomic E-state index is 0.122. The molecule has 262 valence electrons. The van der Waals surface area contributed by atoms with Crippen molar-refractivity contribution in [2.45, 2.75) is 64.9 Å². The predicted octanol–water partition coefficient (Wildman–Crippen LogP) is 3.87. The van der Waals surface area contributed by atoms with Gasteiger partial charge in [0.1, 0.15) is 62.1 Å². The maximum absolute atomic E-state index is 13.9. The van der Waals surface area contributed by atoms with Crippen molar-refractivity contribution in [3.05, 3.63) is 106 Å². The average Bonchev–Trinajstić information content (AvgIpc) is 3.11. The highest BCUT2D eigenvalue weighted by molar-refractivity contribution is 5.71. The molecule has 4 atom stereocenters. The van der Waals surface area contributed by atoms with Crippen LogP contribution in [0.5, 0.6) is 23.0 Å². The predicted molar refractivity (Wildman–Crippen MR) is 181 cm³/mol. The number of fused-ring (bicyclic) bond motifs is 1. The summed E-state index contributed by atoms with van der Waals surface area (Å²) in [7, 11) is 0. The molecule has 0 bridgehead atoms. The molecule has 11 heteroatoms. The van der Waals surface area contributed by atoms with E-state index < -0.39 is 31.0 Å². The summed E-state index contributed by atoms with van der Waals surface area (Å²) in [6, 6.07) is 20.5. The first-order chi connectivity index (χ1) is 23.5. The molecule has 0 saturated heterocycles. The van der Waals surface area contributed by atoms with Crippen LogP contribution >= 0.6 is 0 Å². The van der Waals surface area contributed by atoms with E-state index in [2.05, 4.69) is 18.3 Å².